The Labute approximate surface area is 159 Å². The van der Waals surface area contributed by atoms with Crippen LogP contribution in [0, 0.1) is 6.92 Å². The molecule has 0 radical (unpaired) electrons. The minimum Gasteiger partial charge on any atom is -0.493 e. The van der Waals surface area contributed by atoms with E-state index in [9.17, 15) is 0 Å². The zero-order valence-corrected chi connectivity index (χ0v) is 16.1. The van der Waals surface area contributed by atoms with Gasteiger partial charge in [-0.15, -0.1) is 0 Å². The van der Waals surface area contributed by atoms with E-state index in [0.29, 0.717) is 23.2 Å². The molecule has 1 fully saturated rings. The van der Waals surface area contributed by atoms with Crippen molar-refractivity contribution in [2.24, 2.45) is 0 Å². The van der Waals surface area contributed by atoms with Gasteiger partial charge in [0.1, 0.15) is 0 Å². The molecule has 1 aromatic carbocycles. The maximum Gasteiger partial charge on any atom is 0.264 e. The average molecular weight is 376 g/mol. The summed E-state index contributed by atoms with van der Waals surface area (Å²) >= 11 is 0. The normalized spacial score (nSPS) is 15.0. The van der Waals surface area contributed by atoms with Gasteiger partial charge in [-0.1, -0.05) is 11.2 Å². The first-order valence-corrected chi connectivity index (χ1v) is 9.34. The molecule has 0 saturated carbocycles. The van der Waals surface area contributed by atoms with Gasteiger partial charge >= 0.3 is 0 Å². The molecule has 1 aliphatic rings. The van der Waals surface area contributed by atoms with Crippen LogP contribution in [0.1, 0.15) is 23.7 Å². The van der Waals surface area contributed by atoms with Gasteiger partial charge in [-0.05, 0) is 44.1 Å². The summed E-state index contributed by atoms with van der Waals surface area (Å²) in [5.41, 5.74) is 1.15. The fraction of sp³-hybridized carbons (Fsp3) is 0.579. The highest BCUT2D eigenvalue weighted by Gasteiger charge is 2.10. The second-order valence-electron chi connectivity index (χ2n) is 6.49. The van der Waals surface area contributed by atoms with Crippen molar-refractivity contribution in [1.82, 2.24) is 20.4 Å². The summed E-state index contributed by atoms with van der Waals surface area (Å²) in [5.74, 6) is 2.39. The molecule has 0 spiro atoms. The van der Waals surface area contributed by atoms with Gasteiger partial charge in [-0.25, -0.2) is 0 Å². The fourth-order valence-electron chi connectivity index (χ4n) is 2.96. The minimum atomic E-state index is 0.219. The van der Waals surface area contributed by atoms with Crippen molar-refractivity contribution in [3.05, 3.63) is 35.5 Å². The van der Waals surface area contributed by atoms with Crippen molar-refractivity contribution >= 4 is 0 Å². The number of benzene rings is 1. The van der Waals surface area contributed by atoms with Crippen LogP contribution in [-0.4, -0.2) is 61.5 Å². The number of methoxy groups -OCH3 is 1. The predicted molar refractivity (Wildman–Crippen MR) is 99.9 cm³/mol. The van der Waals surface area contributed by atoms with Gasteiger partial charge in [0, 0.05) is 19.6 Å². The van der Waals surface area contributed by atoms with Crippen LogP contribution in [0.4, 0.5) is 0 Å². The Hall–Kier alpha value is -2.16. The molecular formula is C19H28N4O4. The van der Waals surface area contributed by atoms with E-state index in [0.717, 1.165) is 57.9 Å². The molecule has 2 heterocycles. The number of morpholine rings is 1. The molecule has 0 atom stereocenters. The molecule has 0 amide bonds. The van der Waals surface area contributed by atoms with Crippen LogP contribution in [0.2, 0.25) is 0 Å². The van der Waals surface area contributed by atoms with E-state index in [-0.39, 0.29) is 6.61 Å². The molecule has 1 aliphatic heterocycles. The number of hydrogen-bond donors (Lipinski definition) is 1. The zero-order valence-electron chi connectivity index (χ0n) is 16.1. The van der Waals surface area contributed by atoms with Crippen molar-refractivity contribution in [2.45, 2.75) is 26.5 Å². The van der Waals surface area contributed by atoms with E-state index >= 15 is 0 Å². The molecule has 3 rings (SSSR count). The lowest BCUT2D eigenvalue weighted by atomic mass is 10.2. The number of ether oxygens (including phenoxy) is 3. The molecule has 0 unspecified atom stereocenters. The van der Waals surface area contributed by atoms with Crippen molar-refractivity contribution < 1.29 is 18.7 Å². The number of nitrogens with zero attached hydrogens (tertiary/aromatic N) is 3. The van der Waals surface area contributed by atoms with Crippen LogP contribution in [0.3, 0.4) is 0 Å². The highest BCUT2D eigenvalue weighted by Crippen LogP contribution is 2.28. The van der Waals surface area contributed by atoms with Gasteiger partial charge in [-0.3, -0.25) is 4.90 Å². The minimum absolute atomic E-state index is 0.219. The Morgan fingerprint density at radius 3 is 2.81 bits per heavy atom. The van der Waals surface area contributed by atoms with Gasteiger partial charge in [0.2, 0.25) is 0 Å². The third-order valence-electron chi connectivity index (χ3n) is 4.41. The molecule has 0 bridgehead atoms. The van der Waals surface area contributed by atoms with Crippen molar-refractivity contribution in [3.8, 4) is 11.5 Å². The quantitative estimate of drug-likeness (QED) is 0.629. The lowest BCUT2D eigenvalue weighted by Crippen LogP contribution is -2.37. The highest BCUT2D eigenvalue weighted by atomic mass is 16.5. The third-order valence-corrected chi connectivity index (χ3v) is 4.41. The van der Waals surface area contributed by atoms with Crippen LogP contribution in [0.25, 0.3) is 0 Å². The van der Waals surface area contributed by atoms with Crippen LogP contribution >= 0.6 is 0 Å². The predicted octanol–water partition coefficient (Wildman–Crippen LogP) is 1.78. The SMILES string of the molecule is COc1cc(CNCCCN2CCOCC2)ccc1OCc1nc(C)no1. The number of aromatic nitrogens is 2. The Balaban J connectivity index is 1.41. The Kier molecular flexibility index (Phi) is 7.44. The third kappa shape index (κ3) is 6.20. The van der Waals surface area contributed by atoms with Gasteiger partial charge in [0.25, 0.3) is 5.89 Å². The summed E-state index contributed by atoms with van der Waals surface area (Å²) in [4.78, 5) is 6.58. The molecule has 8 heteroatoms. The van der Waals surface area contributed by atoms with Crippen molar-refractivity contribution in [1.29, 1.82) is 0 Å². The molecule has 27 heavy (non-hydrogen) atoms. The lowest BCUT2D eigenvalue weighted by molar-refractivity contribution is 0.0374. The first kappa shape index (κ1) is 19.6. The van der Waals surface area contributed by atoms with E-state index in [1.807, 2.05) is 18.2 Å². The summed E-state index contributed by atoms with van der Waals surface area (Å²) in [5, 5.41) is 7.23. The van der Waals surface area contributed by atoms with Gasteiger partial charge in [-0.2, -0.15) is 4.98 Å². The van der Waals surface area contributed by atoms with Crippen molar-refractivity contribution in [3.63, 3.8) is 0 Å². The molecule has 8 nitrogen and oxygen atoms in total. The number of nitrogens with one attached hydrogen (secondary N) is 1. The van der Waals surface area contributed by atoms with E-state index in [1.54, 1.807) is 14.0 Å². The van der Waals surface area contributed by atoms with Crippen LogP contribution in [0.5, 0.6) is 11.5 Å². The molecule has 1 N–H and O–H groups in total. The standard InChI is InChI=1S/C19H28N4O4/c1-15-21-19(27-22-15)14-26-17-5-4-16(12-18(17)24-2)13-20-6-3-7-23-8-10-25-11-9-23/h4-5,12,20H,3,6-11,13-14H2,1-2H3. The number of rotatable bonds is 10. The van der Waals surface area contributed by atoms with Crippen LogP contribution in [-0.2, 0) is 17.9 Å². The number of aryl methyl sites for hydroxylation is 1. The van der Waals surface area contributed by atoms with Gasteiger partial charge in [0.05, 0.1) is 20.3 Å². The molecular weight excluding hydrogens is 348 g/mol. The topological polar surface area (TPSA) is 81.9 Å². The van der Waals surface area contributed by atoms with Crippen molar-refractivity contribution in [2.75, 3.05) is 46.5 Å². The second kappa shape index (κ2) is 10.2. The van der Waals surface area contributed by atoms with Crippen LogP contribution < -0.4 is 14.8 Å². The first-order chi connectivity index (χ1) is 13.2. The first-order valence-electron chi connectivity index (χ1n) is 9.34. The Bertz CT molecular complexity index is 701. The monoisotopic (exact) mass is 376 g/mol. The van der Waals surface area contributed by atoms with Crippen LogP contribution in [0.15, 0.2) is 22.7 Å². The average Bonchev–Trinajstić information content (AvgIpc) is 3.12. The van der Waals surface area contributed by atoms with E-state index < -0.39 is 0 Å². The zero-order chi connectivity index (χ0) is 18.9. The summed E-state index contributed by atoms with van der Waals surface area (Å²) in [6, 6.07) is 5.93. The molecule has 0 aliphatic carbocycles. The Morgan fingerprint density at radius 1 is 1.22 bits per heavy atom. The molecule has 1 aromatic heterocycles. The summed E-state index contributed by atoms with van der Waals surface area (Å²) in [6.45, 7) is 8.68. The summed E-state index contributed by atoms with van der Waals surface area (Å²) in [6.07, 6.45) is 1.13. The van der Waals surface area contributed by atoms with Gasteiger partial charge in [0.15, 0.2) is 23.9 Å². The van der Waals surface area contributed by atoms with E-state index in [1.165, 1.54) is 0 Å². The maximum atomic E-state index is 5.74. The second-order valence-corrected chi connectivity index (χ2v) is 6.49. The summed E-state index contributed by atoms with van der Waals surface area (Å²) < 4.78 is 21.6. The molecule has 148 valence electrons. The highest BCUT2D eigenvalue weighted by molar-refractivity contribution is 5.42. The van der Waals surface area contributed by atoms with E-state index in [2.05, 4.69) is 20.4 Å². The lowest BCUT2D eigenvalue weighted by Gasteiger charge is -2.26. The fourth-order valence-corrected chi connectivity index (χ4v) is 2.96. The maximum absolute atomic E-state index is 5.74. The largest absolute Gasteiger partial charge is 0.493 e. The van der Waals surface area contributed by atoms with Gasteiger partial charge < -0.3 is 24.1 Å². The Morgan fingerprint density at radius 2 is 2.07 bits per heavy atom. The smallest absolute Gasteiger partial charge is 0.264 e. The molecule has 1 saturated heterocycles. The summed E-state index contributed by atoms with van der Waals surface area (Å²) in [7, 11) is 1.64. The number of hydrogen-bond acceptors (Lipinski definition) is 8. The molecule has 2 aromatic rings. The van der Waals surface area contributed by atoms with E-state index in [4.69, 9.17) is 18.7 Å².